The van der Waals surface area contributed by atoms with Crippen molar-refractivity contribution in [3.8, 4) is 0 Å². The molecule has 0 fully saturated rings. The van der Waals surface area contributed by atoms with E-state index >= 15 is 0 Å². The summed E-state index contributed by atoms with van der Waals surface area (Å²) in [6.07, 6.45) is 1.11. The molecule has 3 rings (SSSR count). The number of aryl methyl sites for hydroxylation is 1. The largest absolute Gasteiger partial charge is 0.358 e. The van der Waals surface area contributed by atoms with Crippen LogP contribution in [0, 0.1) is 6.92 Å². The third kappa shape index (κ3) is 1.67. The average molecular weight is 243 g/mol. The van der Waals surface area contributed by atoms with E-state index in [4.69, 9.17) is 0 Å². The van der Waals surface area contributed by atoms with Crippen LogP contribution < -0.4 is 5.32 Å². The average Bonchev–Trinajstić information content (AvgIpc) is 2.51. The summed E-state index contributed by atoms with van der Waals surface area (Å²) in [5, 5.41) is 3.92. The summed E-state index contributed by atoms with van der Waals surface area (Å²) < 4.78 is 0. The predicted molar refractivity (Wildman–Crippen MR) is 75.8 cm³/mol. The van der Waals surface area contributed by atoms with Crippen molar-refractivity contribution in [3.05, 3.63) is 35.0 Å². The van der Waals surface area contributed by atoms with E-state index in [1.54, 1.807) is 0 Å². The van der Waals surface area contributed by atoms with Gasteiger partial charge in [0, 0.05) is 28.6 Å². The number of fused-ring (bicyclic) bond motifs is 3. The Hall–Kier alpha value is -1.28. The van der Waals surface area contributed by atoms with Crippen LogP contribution in [-0.4, -0.2) is 10.5 Å². The number of H-pyrrole nitrogens is 1. The summed E-state index contributed by atoms with van der Waals surface area (Å²) >= 11 is 0. The Bertz CT molecular complexity index is 617. The monoisotopic (exact) mass is 243 g/mol. The Morgan fingerprint density at radius 1 is 1.17 bits per heavy atom. The van der Waals surface area contributed by atoms with Gasteiger partial charge in [-0.25, -0.2) is 0 Å². The van der Waals surface area contributed by atoms with E-state index in [1.165, 1.54) is 27.7 Å². The third-order valence-corrected chi connectivity index (χ3v) is 4.06. The van der Waals surface area contributed by atoms with E-state index in [0.717, 1.165) is 6.42 Å². The summed E-state index contributed by atoms with van der Waals surface area (Å²) in [7, 11) is 0. The highest BCUT2D eigenvalue weighted by Gasteiger charge is 2.42. The van der Waals surface area contributed by atoms with Crippen LogP contribution in [0.2, 0.25) is 0 Å². The van der Waals surface area contributed by atoms with Gasteiger partial charge in [0.2, 0.25) is 0 Å². The Kier molecular flexibility index (Phi) is 2.22. The van der Waals surface area contributed by atoms with Crippen LogP contribution in [0.4, 0.5) is 0 Å². The summed E-state index contributed by atoms with van der Waals surface area (Å²) in [5.41, 5.74) is 5.96. The summed E-state index contributed by atoms with van der Waals surface area (Å²) in [6, 6.07) is 6.72. The minimum Gasteiger partial charge on any atom is -0.358 e. The zero-order valence-electron chi connectivity index (χ0n) is 12.0. The van der Waals surface area contributed by atoms with Gasteiger partial charge in [0.25, 0.3) is 0 Å². The van der Waals surface area contributed by atoms with Crippen molar-refractivity contribution >= 4 is 10.9 Å². The second-order valence-electron chi connectivity index (χ2n) is 7.06. The van der Waals surface area contributed by atoms with Crippen molar-refractivity contribution in [1.29, 1.82) is 0 Å². The maximum atomic E-state index is 3.63. The second-order valence-corrected chi connectivity index (χ2v) is 7.06. The first-order valence-corrected chi connectivity index (χ1v) is 6.77. The first-order valence-electron chi connectivity index (χ1n) is 6.77. The highest BCUT2D eigenvalue weighted by atomic mass is 15.1. The summed E-state index contributed by atoms with van der Waals surface area (Å²) in [4.78, 5) is 3.63. The van der Waals surface area contributed by atoms with E-state index in [9.17, 15) is 0 Å². The number of rotatable bonds is 0. The number of aromatic amines is 1. The molecular weight excluding hydrogens is 220 g/mol. The molecule has 18 heavy (non-hydrogen) atoms. The van der Waals surface area contributed by atoms with Gasteiger partial charge in [0.15, 0.2) is 0 Å². The van der Waals surface area contributed by atoms with Crippen LogP contribution in [0.25, 0.3) is 10.9 Å². The lowest BCUT2D eigenvalue weighted by Crippen LogP contribution is -3.04. The Labute approximate surface area is 109 Å². The molecule has 2 aromatic rings. The van der Waals surface area contributed by atoms with E-state index < -0.39 is 0 Å². The molecule has 96 valence electrons. The molecule has 1 aromatic heterocycles. The van der Waals surface area contributed by atoms with E-state index in [1.807, 2.05) is 0 Å². The number of nitrogens with one attached hydrogen (secondary N) is 1. The lowest BCUT2D eigenvalue weighted by atomic mass is 9.80. The first kappa shape index (κ1) is 11.8. The van der Waals surface area contributed by atoms with E-state index in [2.05, 4.69) is 63.1 Å². The molecule has 0 unspecified atom stereocenters. The van der Waals surface area contributed by atoms with Gasteiger partial charge >= 0.3 is 0 Å². The molecule has 0 radical (unpaired) electrons. The minimum absolute atomic E-state index is 0.142. The van der Waals surface area contributed by atoms with Crippen molar-refractivity contribution in [3.63, 3.8) is 0 Å². The zero-order chi connectivity index (χ0) is 13.1. The van der Waals surface area contributed by atoms with Crippen molar-refractivity contribution in [2.75, 3.05) is 0 Å². The molecule has 2 nitrogen and oxygen atoms in total. The second kappa shape index (κ2) is 3.39. The normalized spacial score (nSPS) is 20.9. The topological polar surface area (TPSA) is 32.4 Å². The summed E-state index contributed by atoms with van der Waals surface area (Å²) in [5.74, 6) is 0. The van der Waals surface area contributed by atoms with E-state index in [-0.39, 0.29) is 11.1 Å². The van der Waals surface area contributed by atoms with Crippen LogP contribution in [0.5, 0.6) is 0 Å². The lowest BCUT2D eigenvalue weighted by molar-refractivity contribution is -0.790. The maximum Gasteiger partial charge on any atom is 0.119 e. The predicted octanol–water partition coefficient (Wildman–Crippen LogP) is 2.61. The fourth-order valence-electron chi connectivity index (χ4n) is 3.79. The summed E-state index contributed by atoms with van der Waals surface area (Å²) in [6.45, 7) is 11.5. The molecule has 2 heteroatoms. The molecule has 0 bridgehead atoms. The van der Waals surface area contributed by atoms with Gasteiger partial charge in [-0.1, -0.05) is 11.6 Å². The molecule has 0 saturated heterocycles. The number of aromatic nitrogens is 1. The number of nitrogens with two attached hydrogens (primary N) is 1. The lowest BCUT2D eigenvalue weighted by Gasteiger charge is -2.38. The van der Waals surface area contributed by atoms with Gasteiger partial charge in [-0.3, -0.25) is 0 Å². The molecule has 1 aromatic carbocycles. The maximum absolute atomic E-state index is 3.63. The van der Waals surface area contributed by atoms with Crippen molar-refractivity contribution < 1.29 is 5.32 Å². The first-order chi connectivity index (χ1) is 8.28. The van der Waals surface area contributed by atoms with Crippen LogP contribution >= 0.6 is 0 Å². The molecule has 1 aliphatic heterocycles. The quantitative estimate of drug-likeness (QED) is 0.713. The zero-order valence-corrected chi connectivity index (χ0v) is 12.0. The molecule has 0 saturated carbocycles. The highest BCUT2D eigenvalue weighted by Crippen LogP contribution is 2.35. The highest BCUT2D eigenvalue weighted by molar-refractivity contribution is 5.86. The van der Waals surface area contributed by atoms with Gasteiger partial charge in [-0.15, -0.1) is 0 Å². The van der Waals surface area contributed by atoms with Crippen molar-refractivity contribution in [2.24, 2.45) is 0 Å². The number of benzene rings is 1. The van der Waals surface area contributed by atoms with Gasteiger partial charge in [0.05, 0.1) is 5.54 Å². The van der Waals surface area contributed by atoms with Gasteiger partial charge in [-0.05, 0) is 46.8 Å². The van der Waals surface area contributed by atoms with Gasteiger partial charge in [-0.2, -0.15) is 0 Å². The van der Waals surface area contributed by atoms with Crippen LogP contribution in [0.3, 0.4) is 0 Å². The number of hydrogen-bond donors (Lipinski definition) is 2. The van der Waals surface area contributed by atoms with Crippen LogP contribution in [0.15, 0.2) is 18.2 Å². The van der Waals surface area contributed by atoms with Crippen molar-refractivity contribution in [2.45, 2.75) is 52.1 Å². The van der Waals surface area contributed by atoms with E-state index in [0.29, 0.717) is 0 Å². The minimum atomic E-state index is 0.142. The van der Waals surface area contributed by atoms with Crippen molar-refractivity contribution in [1.82, 2.24) is 4.98 Å². The molecule has 3 N–H and O–H groups in total. The Morgan fingerprint density at radius 3 is 2.61 bits per heavy atom. The Morgan fingerprint density at radius 2 is 1.89 bits per heavy atom. The molecule has 0 atom stereocenters. The molecule has 0 amide bonds. The molecule has 1 aliphatic rings. The van der Waals surface area contributed by atoms with Crippen LogP contribution in [-0.2, 0) is 12.0 Å². The fourth-order valence-corrected chi connectivity index (χ4v) is 3.79. The smallest absolute Gasteiger partial charge is 0.119 e. The van der Waals surface area contributed by atoms with Gasteiger partial charge < -0.3 is 10.3 Å². The fraction of sp³-hybridized carbons (Fsp3) is 0.500. The molecular formula is C16H23N2+. The standard InChI is InChI=1S/C16H22N2/c1-10-6-7-12-11(8-10)14-13(17-12)9-15(2,3)18-16(14,4)5/h6-8,17-18H,9H2,1-5H3/p+1. The number of hydrogen-bond acceptors (Lipinski definition) is 0. The Balaban J connectivity index is 2.32. The third-order valence-electron chi connectivity index (χ3n) is 4.06. The molecule has 2 heterocycles. The SMILES string of the molecule is Cc1ccc2[nH]c3c(c2c1)C(C)(C)[NH2+]C(C)(C)C3. The van der Waals surface area contributed by atoms with Crippen LogP contribution in [0.1, 0.15) is 44.5 Å². The number of quaternary nitrogens is 1. The molecule has 0 spiro atoms. The molecule has 0 aliphatic carbocycles. The van der Waals surface area contributed by atoms with Gasteiger partial charge in [0.1, 0.15) is 5.54 Å².